The highest BCUT2D eigenvalue weighted by Crippen LogP contribution is 2.19. The van der Waals surface area contributed by atoms with E-state index >= 15 is 0 Å². The zero-order chi connectivity index (χ0) is 20.5. The van der Waals surface area contributed by atoms with Crippen LogP contribution >= 0.6 is 0 Å². The van der Waals surface area contributed by atoms with Gasteiger partial charge in [0.2, 0.25) is 0 Å². The van der Waals surface area contributed by atoms with Gasteiger partial charge in [-0.05, 0) is 61.0 Å². The third-order valence-electron chi connectivity index (χ3n) is 3.94. The normalized spacial score (nSPS) is 10.1. The molecule has 3 rings (SSSR count). The lowest BCUT2D eigenvalue weighted by atomic mass is 10.2. The summed E-state index contributed by atoms with van der Waals surface area (Å²) in [6, 6.07) is 24.4. The number of carbonyl (C=O) groups is 2. The van der Waals surface area contributed by atoms with E-state index < -0.39 is 11.9 Å². The van der Waals surface area contributed by atoms with Crippen LogP contribution in [-0.4, -0.2) is 25.1 Å². The minimum atomic E-state index is -0.615. The average molecular weight is 390 g/mol. The fourth-order valence-corrected chi connectivity index (χ4v) is 2.57. The van der Waals surface area contributed by atoms with E-state index in [2.05, 4.69) is 10.6 Å². The van der Waals surface area contributed by atoms with Crippen molar-refractivity contribution in [1.82, 2.24) is 0 Å². The van der Waals surface area contributed by atoms with Crippen molar-refractivity contribution in [2.45, 2.75) is 6.92 Å². The van der Waals surface area contributed by atoms with E-state index in [-0.39, 0.29) is 13.2 Å². The zero-order valence-corrected chi connectivity index (χ0v) is 16.1. The molecule has 0 aliphatic carbocycles. The van der Waals surface area contributed by atoms with E-state index in [1.807, 2.05) is 67.6 Å². The van der Waals surface area contributed by atoms with Crippen LogP contribution in [0.4, 0.5) is 17.1 Å². The van der Waals surface area contributed by atoms with Crippen LogP contribution in [0.1, 0.15) is 5.56 Å². The maximum absolute atomic E-state index is 11.9. The second-order valence-electron chi connectivity index (χ2n) is 6.38. The Bertz CT molecular complexity index is 956. The van der Waals surface area contributed by atoms with Crippen LogP contribution < -0.4 is 15.4 Å². The van der Waals surface area contributed by atoms with E-state index in [0.29, 0.717) is 11.4 Å². The van der Waals surface area contributed by atoms with Gasteiger partial charge in [-0.25, -0.2) is 4.79 Å². The number of benzene rings is 3. The Morgan fingerprint density at radius 2 is 1.48 bits per heavy atom. The second-order valence-corrected chi connectivity index (χ2v) is 6.38. The van der Waals surface area contributed by atoms with Gasteiger partial charge < -0.3 is 20.1 Å². The summed E-state index contributed by atoms with van der Waals surface area (Å²) in [5, 5.41) is 5.93. The zero-order valence-electron chi connectivity index (χ0n) is 16.1. The molecule has 0 radical (unpaired) electrons. The molecule has 0 atom stereocenters. The summed E-state index contributed by atoms with van der Waals surface area (Å²) < 4.78 is 10.3. The Kier molecular flexibility index (Phi) is 6.84. The summed E-state index contributed by atoms with van der Waals surface area (Å²) in [6.45, 7) is 1.29. The molecule has 0 aliphatic rings. The number of hydrogen-bond donors (Lipinski definition) is 2. The van der Waals surface area contributed by atoms with Crippen molar-refractivity contribution in [2.75, 3.05) is 23.8 Å². The number of nitrogens with one attached hydrogen (secondary N) is 2. The van der Waals surface area contributed by atoms with Crippen molar-refractivity contribution < 1.29 is 19.1 Å². The van der Waals surface area contributed by atoms with Crippen molar-refractivity contribution >= 4 is 28.9 Å². The lowest BCUT2D eigenvalue weighted by molar-refractivity contribution is -0.149. The number of carbonyl (C=O) groups excluding carboxylic acids is 2. The number of hydrogen-bond acceptors (Lipinski definition) is 5. The maximum atomic E-state index is 11.9. The van der Waals surface area contributed by atoms with Crippen molar-refractivity contribution in [3.63, 3.8) is 0 Å². The first kappa shape index (κ1) is 19.9. The summed E-state index contributed by atoms with van der Waals surface area (Å²) in [6.07, 6.45) is 0. The highest BCUT2D eigenvalue weighted by molar-refractivity contribution is 5.92. The summed E-state index contributed by atoms with van der Waals surface area (Å²) >= 11 is 0. The molecule has 0 aromatic heterocycles. The Morgan fingerprint density at radius 3 is 2.21 bits per heavy atom. The molecule has 3 aromatic carbocycles. The molecule has 0 saturated heterocycles. The fourth-order valence-electron chi connectivity index (χ4n) is 2.57. The lowest BCUT2D eigenvalue weighted by Crippen LogP contribution is -2.23. The Hall–Kier alpha value is -3.80. The molecule has 0 saturated carbocycles. The number of aryl methyl sites for hydroxylation is 1. The molecule has 0 aliphatic heterocycles. The summed E-state index contributed by atoms with van der Waals surface area (Å²) in [7, 11) is 0. The fraction of sp³-hybridized carbons (Fsp3) is 0.130. The molecule has 0 unspecified atom stereocenters. The van der Waals surface area contributed by atoms with Crippen LogP contribution in [0.2, 0.25) is 0 Å². The molecule has 3 aromatic rings. The minimum absolute atomic E-state index is 0.275. The van der Waals surface area contributed by atoms with Gasteiger partial charge in [-0.1, -0.05) is 30.3 Å². The molecule has 2 N–H and O–H groups in total. The Balaban J connectivity index is 1.39. The van der Waals surface area contributed by atoms with Gasteiger partial charge >= 0.3 is 5.97 Å². The van der Waals surface area contributed by atoms with Crippen LogP contribution in [0.5, 0.6) is 5.75 Å². The van der Waals surface area contributed by atoms with Crippen LogP contribution in [0, 0.1) is 6.92 Å². The summed E-state index contributed by atoms with van der Waals surface area (Å²) in [4.78, 5) is 23.6. The van der Waals surface area contributed by atoms with Crippen molar-refractivity contribution in [1.29, 1.82) is 0 Å². The topological polar surface area (TPSA) is 76.7 Å². The molecule has 6 nitrogen and oxygen atoms in total. The first-order valence-corrected chi connectivity index (χ1v) is 9.15. The minimum Gasteiger partial charge on any atom is -0.482 e. The molecular formula is C23H22N2O4. The quantitative estimate of drug-likeness (QED) is 0.561. The molecule has 0 fully saturated rings. The van der Waals surface area contributed by atoms with Gasteiger partial charge in [-0.15, -0.1) is 0 Å². The Labute approximate surface area is 169 Å². The molecule has 148 valence electrons. The van der Waals surface area contributed by atoms with Gasteiger partial charge in [0, 0.05) is 17.1 Å². The first-order chi connectivity index (χ1) is 14.1. The monoisotopic (exact) mass is 390 g/mol. The predicted molar refractivity (Wildman–Crippen MR) is 112 cm³/mol. The molecule has 6 heteroatoms. The number of rotatable bonds is 8. The van der Waals surface area contributed by atoms with Gasteiger partial charge in [0.25, 0.3) is 5.91 Å². The predicted octanol–water partition coefficient (Wildman–Crippen LogP) is 4.30. The highest BCUT2D eigenvalue weighted by Gasteiger charge is 2.09. The van der Waals surface area contributed by atoms with E-state index in [1.165, 1.54) is 0 Å². The second kappa shape index (κ2) is 9.94. The first-order valence-electron chi connectivity index (χ1n) is 9.15. The SMILES string of the molecule is Cc1cccc(NC(=O)COC(=O)COc2ccc(Nc3ccccc3)cc2)c1. The van der Waals surface area contributed by atoms with Crippen molar-refractivity contribution in [3.8, 4) is 5.75 Å². The summed E-state index contributed by atoms with van der Waals surface area (Å²) in [5.41, 5.74) is 3.57. The number of ether oxygens (including phenoxy) is 2. The van der Waals surface area contributed by atoms with Crippen LogP contribution in [0.3, 0.4) is 0 Å². The van der Waals surface area contributed by atoms with E-state index in [9.17, 15) is 9.59 Å². The molecule has 0 spiro atoms. The van der Waals surface area contributed by atoms with Gasteiger partial charge in [-0.3, -0.25) is 4.79 Å². The van der Waals surface area contributed by atoms with Gasteiger partial charge in [-0.2, -0.15) is 0 Å². The standard InChI is InChI=1S/C23H22N2O4/c1-17-6-5-9-20(14-17)25-22(26)15-29-23(27)16-28-21-12-10-19(11-13-21)24-18-7-3-2-4-8-18/h2-14,24H,15-16H2,1H3,(H,25,26). The van der Waals surface area contributed by atoms with Gasteiger partial charge in [0.05, 0.1) is 0 Å². The van der Waals surface area contributed by atoms with Crippen LogP contribution in [-0.2, 0) is 14.3 Å². The van der Waals surface area contributed by atoms with Crippen molar-refractivity contribution in [2.24, 2.45) is 0 Å². The largest absolute Gasteiger partial charge is 0.482 e. The van der Waals surface area contributed by atoms with Gasteiger partial charge in [0.1, 0.15) is 5.75 Å². The molecular weight excluding hydrogens is 368 g/mol. The van der Waals surface area contributed by atoms with Crippen LogP contribution in [0.15, 0.2) is 78.9 Å². The third-order valence-corrected chi connectivity index (χ3v) is 3.94. The Morgan fingerprint density at radius 1 is 0.793 bits per heavy atom. The average Bonchev–Trinajstić information content (AvgIpc) is 2.72. The van der Waals surface area contributed by atoms with Crippen LogP contribution in [0.25, 0.3) is 0 Å². The number of para-hydroxylation sites is 1. The smallest absolute Gasteiger partial charge is 0.344 e. The molecule has 1 amide bonds. The number of amides is 1. The molecule has 0 bridgehead atoms. The van der Waals surface area contributed by atoms with E-state index in [1.54, 1.807) is 18.2 Å². The third kappa shape index (κ3) is 6.70. The van der Waals surface area contributed by atoms with Crippen molar-refractivity contribution in [3.05, 3.63) is 84.4 Å². The lowest BCUT2D eigenvalue weighted by Gasteiger charge is -2.09. The molecule has 0 heterocycles. The maximum Gasteiger partial charge on any atom is 0.344 e. The van der Waals surface area contributed by atoms with E-state index in [0.717, 1.165) is 16.9 Å². The number of esters is 1. The van der Waals surface area contributed by atoms with Gasteiger partial charge in [0.15, 0.2) is 13.2 Å². The molecule has 29 heavy (non-hydrogen) atoms. The van der Waals surface area contributed by atoms with E-state index in [4.69, 9.17) is 9.47 Å². The highest BCUT2D eigenvalue weighted by atomic mass is 16.6. The summed E-state index contributed by atoms with van der Waals surface area (Å²) in [5.74, 6) is -0.485. The number of anilines is 3.